The summed E-state index contributed by atoms with van der Waals surface area (Å²) < 4.78 is 4.29. The lowest BCUT2D eigenvalue weighted by Crippen LogP contribution is -2.15. The molecule has 0 spiro atoms. The third-order valence-corrected chi connectivity index (χ3v) is 4.03. The third-order valence-electron chi connectivity index (χ3n) is 3.54. The van der Waals surface area contributed by atoms with Crippen LogP contribution in [0.5, 0.6) is 0 Å². The lowest BCUT2D eigenvalue weighted by Gasteiger charge is -2.18. The first kappa shape index (κ1) is 14.4. The van der Waals surface area contributed by atoms with Gasteiger partial charge in [-0.05, 0) is 19.1 Å². The van der Waals surface area contributed by atoms with Gasteiger partial charge >= 0.3 is 0 Å². The van der Waals surface area contributed by atoms with Crippen molar-refractivity contribution in [3.63, 3.8) is 0 Å². The van der Waals surface area contributed by atoms with Crippen molar-refractivity contribution in [1.29, 1.82) is 0 Å². The summed E-state index contributed by atoms with van der Waals surface area (Å²) in [7, 11) is 0. The Bertz CT molecular complexity index is 734. The molecule has 1 aromatic carbocycles. The number of aromatic nitrogens is 4. The maximum atomic E-state index is 6.27. The number of nitrogens with zero attached hydrogens (tertiary/aromatic N) is 4. The van der Waals surface area contributed by atoms with Gasteiger partial charge in [0.25, 0.3) is 0 Å². The summed E-state index contributed by atoms with van der Waals surface area (Å²) in [6, 6.07) is 6.11. The molecule has 0 aliphatic heterocycles. The number of hydrogen-bond acceptors (Lipinski definition) is 2. The fourth-order valence-corrected chi connectivity index (χ4v) is 3.05. The number of imidazole rings is 2. The zero-order chi connectivity index (χ0) is 14.8. The van der Waals surface area contributed by atoms with Gasteiger partial charge in [-0.2, -0.15) is 0 Å². The van der Waals surface area contributed by atoms with Gasteiger partial charge in [-0.1, -0.05) is 17.7 Å². The van der Waals surface area contributed by atoms with Crippen molar-refractivity contribution in [3.8, 4) is 0 Å². The molecule has 4 nitrogen and oxygen atoms in total. The maximum Gasteiger partial charge on any atom is 0.111 e. The first-order valence-corrected chi connectivity index (χ1v) is 7.79. The van der Waals surface area contributed by atoms with Crippen LogP contribution in [0.2, 0.25) is 5.02 Å². The molecule has 0 N–H and O–H groups in total. The van der Waals surface area contributed by atoms with E-state index in [2.05, 4.69) is 32.1 Å². The molecule has 0 radical (unpaired) electrons. The SMILES string of the molecule is CC(Cn1ccnc1)n1c(CCCl)nc2c(Cl)cccc21. The minimum Gasteiger partial charge on any atom is -0.335 e. The van der Waals surface area contributed by atoms with Crippen molar-refractivity contribution >= 4 is 34.2 Å². The summed E-state index contributed by atoms with van der Waals surface area (Å²) in [6.45, 7) is 2.99. The Labute approximate surface area is 133 Å². The highest BCUT2D eigenvalue weighted by molar-refractivity contribution is 6.34. The van der Waals surface area contributed by atoms with Crippen molar-refractivity contribution in [2.75, 3.05) is 5.88 Å². The minimum absolute atomic E-state index is 0.237. The Morgan fingerprint density at radius 3 is 2.90 bits per heavy atom. The highest BCUT2D eigenvalue weighted by Crippen LogP contribution is 2.27. The van der Waals surface area contributed by atoms with Crippen molar-refractivity contribution in [2.24, 2.45) is 0 Å². The van der Waals surface area contributed by atoms with Crippen molar-refractivity contribution in [3.05, 3.63) is 47.8 Å². The molecular weight excluding hydrogens is 307 g/mol. The fraction of sp³-hybridized carbons (Fsp3) is 0.333. The monoisotopic (exact) mass is 322 g/mol. The standard InChI is InChI=1S/C15H16Cl2N4/c1-11(9-20-8-7-18-10-20)21-13-4-2-3-12(17)15(13)19-14(21)5-6-16/h2-4,7-8,10-11H,5-6,9H2,1H3. The third kappa shape index (κ3) is 2.78. The lowest BCUT2D eigenvalue weighted by atomic mass is 10.2. The van der Waals surface area contributed by atoms with Crippen molar-refractivity contribution in [2.45, 2.75) is 25.9 Å². The van der Waals surface area contributed by atoms with E-state index in [-0.39, 0.29) is 6.04 Å². The Kier molecular flexibility index (Phi) is 4.17. The van der Waals surface area contributed by atoms with E-state index in [4.69, 9.17) is 23.2 Å². The molecular formula is C15H16Cl2N4. The molecule has 2 aromatic heterocycles. The van der Waals surface area contributed by atoms with Crippen LogP contribution in [0.15, 0.2) is 36.9 Å². The van der Waals surface area contributed by atoms with E-state index in [0.717, 1.165) is 29.8 Å². The normalized spacial score (nSPS) is 12.9. The Hall–Kier alpha value is -1.52. The van der Waals surface area contributed by atoms with Crippen molar-refractivity contribution in [1.82, 2.24) is 19.1 Å². The van der Waals surface area contributed by atoms with E-state index in [1.54, 1.807) is 6.20 Å². The maximum absolute atomic E-state index is 6.27. The van der Waals surface area contributed by atoms with Gasteiger partial charge in [-0.25, -0.2) is 9.97 Å². The molecule has 2 heterocycles. The number of alkyl halides is 1. The molecule has 1 atom stereocenters. The number of aryl methyl sites for hydroxylation is 1. The predicted octanol–water partition coefficient (Wildman–Crippen LogP) is 3.93. The number of fused-ring (bicyclic) bond motifs is 1. The first-order valence-electron chi connectivity index (χ1n) is 6.87. The zero-order valence-corrected chi connectivity index (χ0v) is 13.2. The van der Waals surface area contributed by atoms with Gasteiger partial charge < -0.3 is 9.13 Å². The van der Waals surface area contributed by atoms with Gasteiger partial charge in [0.2, 0.25) is 0 Å². The molecule has 0 aliphatic rings. The smallest absolute Gasteiger partial charge is 0.111 e. The summed E-state index contributed by atoms with van der Waals surface area (Å²) in [5.74, 6) is 1.51. The van der Waals surface area contributed by atoms with Gasteiger partial charge in [0.15, 0.2) is 0 Å². The van der Waals surface area contributed by atoms with Crippen LogP contribution in [-0.4, -0.2) is 25.0 Å². The van der Waals surface area contributed by atoms with Gasteiger partial charge in [0.1, 0.15) is 11.3 Å². The summed E-state index contributed by atoms with van der Waals surface area (Å²) in [5, 5.41) is 0.678. The summed E-state index contributed by atoms with van der Waals surface area (Å²) >= 11 is 12.2. The molecule has 0 amide bonds. The molecule has 0 bridgehead atoms. The van der Waals surface area contributed by atoms with E-state index >= 15 is 0 Å². The number of para-hydroxylation sites is 1. The zero-order valence-electron chi connectivity index (χ0n) is 11.7. The highest BCUT2D eigenvalue weighted by atomic mass is 35.5. The lowest BCUT2D eigenvalue weighted by molar-refractivity contribution is 0.461. The fourth-order valence-electron chi connectivity index (χ4n) is 2.67. The molecule has 0 aliphatic carbocycles. The Balaban J connectivity index is 2.06. The predicted molar refractivity (Wildman–Crippen MR) is 86.1 cm³/mol. The second kappa shape index (κ2) is 6.08. The second-order valence-corrected chi connectivity index (χ2v) is 5.84. The average molecular weight is 323 g/mol. The summed E-state index contributed by atoms with van der Waals surface area (Å²) in [6.07, 6.45) is 6.30. The van der Waals surface area contributed by atoms with Gasteiger partial charge in [0.05, 0.1) is 22.9 Å². The number of hydrogen-bond donors (Lipinski definition) is 0. The van der Waals surface area contributed by atoms with E-state index in [1.807, 2.05) is 24.7 Å². The summed E-state index contributed by atoms with van der Waals surface area (Å²) in [4.78, 5) is 8.76. The van der Waals surface area contributed by atoms with Crippen LogP contribution in [0.25, 0.3) is 11.0 Å². The number of benzene rings is 1. The molecule has 0 saturated carbocycles. The van der Waals surface area contributed by atoms with Crippen LogP contribution in [-0.2, 0) is 13.0 Å². The van der Waals surface area contributed by atoms with Gasteiger partial charge in [-0.15, -0.1) is 11.6 Å². The van der Waals surface area contributed by atoms with Crippen LogP contribution in [0.1, 0.15) is 18.8 Å². The van der Waals surface area contributed by atoms with Crippen LogP contribution in [0, 0.1) is 0 Å². The molecule has 3 aromatic rings. The molecule has 3 rings (SSSR count). The summed E-state index contributed by atoms with van der Waals surface area (Å²) in [5.41, 5.74) is 1.90. The van der Waals surface area contributed by atoms with Gasteiger partial charge in [-0.3, -0.25) is 0 Å². The number of rotatable bonds is 5. The molecule has 0 fully saturated rings. The molecule has 110 valence electrons. The quantitative estimate of drug-likeness (QED) is 0.667. The van der Waals surface area contributed by atoms with Crippen LogP contribution < -0.4 is 0 Å². The average Bonchev–Trinajstić information content (AvgIpc) is 3.07. The van der Waals surface area contributed by atoms with Crippen molar-refractivity contribution < 1.29 is 0 Å². The van der Waals surface area contributed by atoms with E-state index in [0.29, 0.717) is 10.9 Å². The second-order valence-electron chi connectivity index (χ2n) is 5.05. The molecule has 0 saturated heterocycles. The van der Waals surface area contributed by atoms with Crippen LogP contribution in [0.3, 0.4) is 0 Å². The van der Waals surface area contributed by atoms with E-state index in [1.165, 1.54) is 0 Å². The van der Waals surface area contributed by atoms with E-state index < -0.39 is 0 Å². The Morgan fingerprint density at radius 2 is 2.19 bits per heavy atom. The molecule has 21 heavy (non-hydrogen) atoms. The Morgan fingerprint density at radius 1 is 1.33 bits per heavy atom. The topological polar surface area (TPSA) is 35.6 Å². The molecule has 1 unspecified atom stereocenters. The van der Waals surface area contributed by atoms with E-state index in [9.17, 15) is 0 Å². The largest absolute Gasteiger partial charge is 0.335 e. The van der Waals surface area contributed by atoms with Crippen LogP contribution >= 0.6 is 23.2 Å². The minimum atomic E-state index is 0.237. The number of halogens is 2. The molecule has 6 heteroatoms. The highest BCUT2D eigenvalue weighted by Gasteiger charge is 2.17. The van der Waals surface area contributed by atoms with Gasteiger partial charge in [0, 0.05) is 31.2 Å². The first-order chi connectivity index (χ1) is 10.2. The van der Waals surface area contributed by atoms with Crippen LogP contribution in [0.4, 0.5) is 0 Å².